The third kappa shape index (κ3) is 4.18. The van der Waals surface area contributed by atoms with Gasteiger partial charge >= 0.3 is 5.97 Å². The van der Waals surface area contributed by atoms with Crippen molar-refractivity contribution in [1.82, 2.24) is 0 Å². The van der Waals surface area contributed by atoms with Crippen LogP contribution in [0.1, 0.15) is 13.8 Å². The van der Waals surface area contributed by atoms with Crippen molar-refractivity contribution in [3.63, 3.8) is 0 Å². The second-order valence-corrected chi connectivity index (χ2v) is 3.31. The molecule has 1 rings (SSSR count). The lowest BCUT2D eigenvalue weighted by atomic mass is 10.3. The Morgan fingerprint density at radius 3 is 2.35 bits per heavy atom. The molecular formula is C13H16O4. The molecule has 0 saturated carbocycles. The van der Waals surface area contributed by atoms with Crippen LogP contribution in [0.4, 0.5) is 0 Å². The van der Waals surface area contributed by atoms with Crippen molar-refractivity contribution in [2.45, 2.75) is 13.8 Å². The molecule has 0 N–H and O–H groups in total. The fraction of sp³-hybridized carbons (Fsp3) is 0.308. The van der Waals surface area contributed by atoms with Crippen molar-refractivity contribution in [3.05, 3.63) is 36.1 Å². The summed E-state index contributed by atoms with van der Waals surface area (Å²) in [6, 6.07) is 7.08. The Hall–Kier alpha value is -1.97. The minimum atomic E-state index is -0.374. The number of esters is 1. The van der Waals surface area contributed by atoms with Gasteiger partial charge in [0.05, 0.1) is 19.3 Å². The molecule has 92 valence electrons. The summed E-state index contributed by atoms with van der Waals surface area (Å²) in [7, 11) is 1.60. The predicted octanol–water partition coefficient (Wildman–Crippen LogP) is 2.54. The van der Waals surface area contributed by atoms with E-state index >= 15 is 0 Å². The summed E-state index contributed by atoms with van der Waals surface area (Å²) in [6.07, 6.45) is 1.37. The molecule has 0 aliphatic heterocycles. The topological polar surface area (TPSA) is 44.8 Å². The van der Waals surface area contributed by atoms with Gasteiger partial charge in [-0.15, -0.1) is 0 Å². The van der Waals surface area contributed by atoms with E-state index in [-0.39, 0.29) is 5.97 Å². The van der Waals surface area contributed by atoms with E-state index in [2.05, 4.69) is 0 Å². The van der Waals surface area contributed by atoms with E-state index < -0.39 is 0 Å². The molecular weight excluding hydrogens is 220 g/mol. The van der Waals surface area contributed by atoms with Gasteiger partial charge in [0.2, 0.25) is 0 Å². The Balaban J connectivity index is 2.59. The smallest absolute Gasteiger partial charge is 0.336 e. The standard InChI is InChI=1S/C13H16O4/c1-4-16-13(14)10(2)9-17-12-7-5-11(15-3)6-8-12/h5-9H,4H2,1-3H3. The monoisotopic (exact) mass is 236 g/mol. The minimum Gasteiger partial charge on any atom is -0.497 e. The number of carbonyl (C=O) groups excluding carboxylic acids is 1. The highest BCUT2D eigenvalue weighted by atomic mass is 16.5. The van der Waals surface area contributed by atoms with Gasteiger partial charge in [0.1, 0.15) is 17.8 Å². The summed E-state index contributed by atoms with van der Waals surface area (Å²) in [5.74, 6) is 1.01. The van der Waals surface area contributed by atoms with Crippen LogP contribution < -0.4 is 9.47 Å². The molecule has 0 aromatic heterocycles. The molecule has 17 heavy (non-hydrogen) atoms. The molecule has 0 aliphatic rings. The van der Waals surface area contributed by atoms with Gasteiger partial charge in [0.15, 0.2) is 0 Å². The van der Waals surface area contributed by atoms with Crippen molar-refractivity contribution in [1.29, 1.82) is 0 Å². The van der Waals surface area contributed by atoms with Crippen LogP contribution in [0, 0.1) is 0 Å². The van der Waals surface area contributed by atoms with E-state index in [4.69, 9.17) is 14.2 Å². The van der Waals surface area contributed by atoms with Crippen LogP contribution in [0.25, 0.3) is 0 Å². The van der Waals surface area contributed by atoms with Gasteiger partial charge in [-0.3, -0.25) is 0 Å². The largest absolute Gasteiger partial charge is 0.497 e. The van der Waals surface area contributed by atoms with Crippen molar-refractivity contribution >= 4 is 5.97 Å². The van der Waals surface area contributed by atoms with Crippen LogP contribution in [0.2, 0.25) is 0 Å². The number of hydrogen-bond donors (Lipinski definition) is 0. The molecule has 1 aromatic carbocycles. The van der Waals surface area contributed by atoms with Crippen molar-refractivity contribution in [2.24, 2.45) is 0 Å². The van der Waals surface area contributed by atoms with E-state index in [1.807, 2.05) is 0 Å². The van der Waals surface area contributed by atoms with Gasteiger partial charge in [-0.1, -0.05) is 0 Å². The maximum atomic E-state index is 11.3. The van der Waals surface area contributed by atoms with Gasteiger partial charge in [-0.2, -0.15) is 0 Å². The average Bonchev–Trinajstić information content (AvgIpc) is 2.36. The Morgan fingerprint density at radius 1 is 1.24 bits per heavy atom. The van der Waals surface area contributed by atoms with Crippen molar-refractivity contribution in [2.75, 3.05) is 13.7 Å². The zero-order chi connectivity index (χ0) is 12.7. The van der Waals surface area contributed by atoms with E-state index in [1.165, 1.54) is 6.26 Å². The van der Waals surface area contributed by atoms with Gasteiger partial charge in [-0.25, -0.2) is 4.79 Å². The molecule has 0 radical (unpaired) electrons. The van der Waals surface area contributed by atoms with Crippen LogP contribution in [-0.4, -0.2) is 19.7 Å². The molecule has 0 fully saturated rings. The summed E-state index contributed by atoms with van der Waals surface area (Å²) in [5.41, 5.74) is 0.419. The SMILES string of the molecule is CCOC(=O)C(C)=COc1ccc(OC)cc1. The third-order valence-electron chi connectivity index (χ3n) is 2.03. The Morgan fingerprint density at radius 2 is 1.82 bits per heavy atom. The molecule has 0 bridgehead atoms. The number of rotatable bonds is 5. The first kappa shape index (κ1) is 13.1. The summed E-state index contributed by atoms with van der Waals surface area (Å²) in [6.45, 7) is 3.75. The second kappa shape index (κ2) is 6.58. The second-order valence-electron chi connectivity index (χ2n) is 3.31. The van der Waals surface area contributed by atoms with Crippen LogP contribution in [0.3, 0.4) is 0 Å². The molecule has 0 saturated heterocycles. The number of methoxy groups -OCH3 is 1. The molecule has 0 heterocycles. The minimum absolute atomic E-state index is 0.354. The molecule has 4 nitrogen and oxygen atoms in total. The first-order valence-electron chi connectivity index (χ1n) is 5.32. The summed E-state index contributed by atoms with van der Waals surface area (Å²) < 4.78 is 15.2. The first-order valence-corrected chi connectivity index (χ1v) is 5.32. The number of carbonyl (C=O) groups is 1. The molecule has 1 aromatic rings. The Labute approximate surface area is 101 Å². The number of hydrogen-bond acceptors (Lipinski definition) is 4. The van der Waals surface area contributed by atoms with Crippen LogP contribution in [0.5, 0.6) is 11.5 Å². The normalized spacial score (nSPS) is 10.9. The molecule has 4 heteroatoms. The lowest BCUT2D eigenvalue weighted by Crippen LogP contribution is -2.06. The Bertz CT molecular complexity index is 392. The quantitative estimate of drug-likeness (QED) is 0.447. The van der Waals surface area contributed by atoms with E-state index in [1.54, 1.807) is 45.2 Å². The lowest BCUT2D eigenvalue weighted by molar-refractivity contribution is -0.138. The highest BCUT2D eigenvalue weighted by Gasteiger charge is 2.04. The summed E-state index contributed by atoms with van der Waals surface area (Å²) in [5, 5.41) is 0. The maximum Gasteiger partial charge on any atom is 0.336 e. The average molecular weight is 236 g/mol. The van der Waals surface area contributed by atoms with Crippen molar-refractivity contribution < 1.29 is 19.0 Å². The van der Waals surface area contributed by atoms with Crippen LogP contribution in [-0.2, 0) is 9.53 Å². The highest BCUT2D eigenvalue weighted by Crippen LogP contribution is 2.17. The highest BCUT2D eigenvalue weighted by molar-refractivity contribution is 5.87. The Kier molecular flexibility index (Phi) is 5.07. The first-order chi connectivity index (χ1) is 8.17. The number of benzene rings is 1. The maximum absolute atomic E-state index is 11.3. The third-order valence-corrected chi connectivity index (χ3v) is 2.03. The van der Waals surface area contributed by atoms with Gasteiger partial charge in [0, 0.05) is 0 Å². The van der Waals surface area contributed by atoms with Gasteiger partial charge in [0.25, 0.3) is 0 Å². The van der Waals surface area contributed by atoms with E-state index in [0.29, 0.717) is 17.9 Å². The predicted molar refractivity (Wildman–Crippen MR) is 64.0 cm³/mol. The van der Waals surface area contributed by atoms with Crippen LogP contribution >= 0.6 is 0 Å². The van der Waals surface area contributed by atoms with Crippen LogP contribution in [0.15, 0.2) is 36.1 Å². The zero-order valence-corrected chi connectivity index (χ0v) is 10.2. The molecule has 0 atom stereocenters. The fourth-order valence-electron chi connectivity index (χ4n) is 1.10. The summed E-state index contributed by atoms with van der Waals surface area (Å²) in [4.78, 5) is 11.3. The fourth-order valence-corrected chi connectivity index (χ4v) is 1.10. The van der Waals surface area contributed by atoms with Crippen molar-refractivity contribution in [3.8, 4) is 11.5 Å². The molecule has 0 spiro atoms. The van der Waals surface area contributed by atoms with E-state index in [9.17, 15) is 4.79 Å². The number of ether oxygens (including phenoxy) is 3. The van der Waals surface area contributed by atoms with E-state index in [0.717, 1.165) is 5.75 Å². The lowest BCUT2D eigenvalue weighted by Gasteiger charge is -2.04. The molecule has 0 aliphatic carbocycles. The molecule has 0 unspecified atom stereocenters. The summed E-state index contributed by atoms with van der Waals surface area (Å²) >= 11 is 0. The molecule has 0 amide bonds. The van der Waals surface area contributed by atoms with Gasteiger partial charge < -0.3 is 14.2 Å². The van der Waals surface area contributed by atoms with Gasteiger partial charge in [-0.05, 0) is 38.1 Å². The zero-order valence-electron chi connectivity index (χ0n) is 10.2.